The van der Waals surface area contributed by atoms with Crippen molar-refractivity contribution in [2.75, 3.05) is 0 Å². The lowest BCUT2D eigenvalue weighted by Crippen LogP contribution is -2.22. The zero-order valence-corrected chi connectivity index (χ0v) is 6.42. The maximum Gasteiger partial charge on any atom is 0.334 e. The van der Waals surface area contributed by atoms with Crippen LogP contribution in [0.1, 0.15) is 20.8 Å². The quantitative estimate of drug-likeness (QED) is 0.344. The summed E-state index contributed by atoms with van der Waals surface area (Å²) in [5.74, 6) is -0.532. The molecule has 0 amide bonds. The van der Waals surface area contributed by atoms with Gasteiger partial charge in [-0.1, -0.05) is 0 Å². The highest BCUT2D eigenvalue weighted by Gasteiger charge is 2.13. The first kappa shape index (κ1) is 9.01. The Hall–Kier alpha value is -0.990. The first-order valence-electron chi connectivity index (χ1n) is 2.99. The Labute approximate surface area is 60.3 Å². The Bertz CT molecular complexity index is 141. The summed E-state index contributed by atoms with van der Waals surface area (Å²) in [6.45, 7) is 5.28. The second-order valence-electron chi connectivity index (χ2n) is 2.85. The van der Waals surface area contributed by atoms with Crippen molar-refractivity contribution >= 4 is 5.97 Å². The highest BCUT2D eigenvalue weighted by atomic mass is 16.6. The van der Waals surface area contributed by atoms with Crippen LogP contribution in [0.5, 0.6) is 0 Å². The Kier molecular flexibility index (Phi) is 2.93. The van der Waals surface area contributed by atoms with Gasteiger partial charge in [0.2, 0.25) is 0 Å². The monoisotopic (exact) mass is 144 g/mol. The molecule has 0 saturated heterocycles. The maximum absolute atomic E-state index is 10.6. The Morgan fingerprint density at radius 1 is 1.50 bits per heavy atom. The van der Waals surface area contributed by atoms with Crippen molar-refractivity contribution in [1.82, 2.24) is 0 Å². The maximum atomic E-state index is 10.6. The molecule has 0 aromatic heterocycles. The van der Waals surface area contributed by atoms with E-state index in [0.29, 0.717) is 6.26 Å². The number of hydrogen-bond donors (Lipinski definition) is 1. The third-order valence-corrected chi connectivity index (χ3v) is 0.617. The predicted octanol–water partition coefficient (Wildman–Crippen LogP) is 1.40. The molecule has 0 heterocycles. The van der Waals surface area contributed by atoms with Crippen LogP contribution in [0.15, 0.2) is 12.3 Å². The van der Waals surface area contributed by atoms with Crippen molar-refractivity contribution in [3.05, 3.63) is 12.3 Å². The van der Waals surface area contributed by atoms with E-state index in [0.717, 1.165) is 6.08 Å². The van der Waals surface area contributed by atoms with E-state index in [9.17, 15) is 4.79 Å². The number of aliphatic hydroxyl groups excluding tert-OH is 1. The molecule has 0 radical (unpaired) electrons. The second kappa shape index (κ2) is 3.25. The number of carbonyl (C=O) groups excluding carboxylic acids is 1. The number of rotatable bonds is 1. The average molecular weight is 144 g/mol. The molecule has 10 heavy (non-hydrogen) atoms. The molecule has 0 rings (SSSR count). The Balaban J connectivity index is 3.81. The highest BCUT2D eigenvalue weighted by Crippen LogP contribution is 2.06. The highest BCUT2D eigenvalue weighted by molar-refractivity contribution is 5.81. The van der Waals surface area contributed by atoms with E-state index in [1.807, 2.05) is 0 Å². The Morgan fingerprint density at radius 2 is 2.00 bits per heavy atom. The third-order valence-electron chi connectivity index (χ3n) is 0.617. The van der Waals surface area contributed by atoms with E-state index in [1.165, 1.54) is 0 Å². The van der Waals surface area contributed by atoms with Crippen LogP contribution in [-0.2, 0) is 9.53 Å². The van der Waals surface area contributed by atoms with Crippen molar-refractivity contribution in [2.24, 2.45) is 0 Å². The molecule has 0 fully saturated rings. The summed E-state index contributed by atoms with van der Waals surface area (Å²) >= 11 is 0. The summed E-state index contributed by atoms with van der Waals surface area (Å²) in [6, 6.07) is 0. The van der Waals surface area contributed by atoms with E-state index < -0.39 is 11.6 Å². The third kappa shape index (κ3) is 5.15. The molecule has 1 N–H and O–H groups in total. The Morgan fingerprint density at radius 3 is 2.30 bits per heavy atom. The van der Waals surface area contributed by atoms with Gasteiger partial charge in [-0.15, -0.1) is 0 Å². The number of esters is 1. The van der Waals surface area contributed by atoms with Gasteiger partial charge in [0.25, 0.3) is 0 Å². The van der Waals surface area contributed by atoms with E-state index >= 15 is 0 Å². The fraction of sp³-hybridized carbons (Fsp3) is 0.571. The van der Waals surface area contributed by atoms with Crippen LogP contribution in [0.2, 0.25) is 0 Å². The molecular formula is C7H12O3. The molecule has 58 valence electrons. The van der Waals surface area contributed by atoms with Gasteiger partial charge >= 0.3 is 5.97 Å². The number of ether oxygens (including phenoxy) is 1. The van der Waals surface area contributed by atoms with Gasteiger partial charge in [0.1, 0.15) is 5.60 Å². The van der Waals surface area contributed by atoms with Gasteiger partial charge in [-0.2, -0.15) is 0 Å². The number of carbonyl (C=O) groups is 1. The first-order valence-corrected chi connectivity index (χ1v) is 2.99. The molecule has 0 aliphatic carbocycles. The zero-order valence-electron chi connectivity index (χ0n) is 6.42. The minimum atomic E-state index is -0.532. The minimum Gasteiger partial charge on any atom is -0.515 e. The van der Waals surface area contributed by atoms with Gasteiger partial charge in [-0.05, 0) is 20.8 Å². The average Bonchev–Trinajstić information content (AvgIpc) is 1.59. The van der Waals surface area contributed by atoms with E-state index in [4.69, 9.17) is 9.84 Å². The first-order chi connectivity index (χ1) is 4.45. The fourth-order valence-electron chi connectivity index (χ4n) is 0.397. The molecule has 0 bridgehead atoms. The van der Waals surface area contributed by atoms with Crippen LogP contribution in [0, 0.1) is 0 Å². The number of aliphatic hydroxyl groups is 1. The lowest BCUT2D eigenvalue weighted by atomic mass is 10.2. The van der Waals surface area contributed by atoms with Crippen molar-refractivity contribution in [1.29, 1.82) is 0 Å². The van der Waals surface area contributed by atoms with Crippen LogP contribution in [0.25, 0.3) is 0 Å². The summed E-state index contributed by atoms with van der Waals surface area (Å²) in [7, 11) is 0. The van der Waals surface area contributed by atoms with Gasteiger partial charge in [0, 0.05) is 0 Å². The molecule has 3 nitrogen and oxygen atoms in total. The largest absolute Gasteiger partial charge is 0.515 e. The van der Waals surface area contributed by atoms with Crippen molar-refractivity contribution < 1.29 is 14.6 Å². The lowest BCUT2D eigenvalue weighted by Gasteiger charge is -2.17. The molecule has 0 unspecified atom stereocenters. The fourth-order valence-corrected chi connectivity index (χ4v) is 0.397. The van der Waals surface area contributed by atoms with E-state index in [1.54, 1.807) is 20.8 Å². The lowest BCUT2D eigenvalue weighted by molar-refractivity contribution is -0.148. The molecule has 0 atom stereocenters. The van der Waals surface area contributed by atoms with Crippen molar-refractivity contribution in [3.8, 4) is 0 Å². The molecule has 0 saturated carbocycles. The summed E-state index contributed by atoms with van der Waals surface area (Å²) in [6.07, 6.45) is 1.62. The topological polar surface area (TPSA) is 46.5 Å². The van der Waals surface area contributed by atoms with Gasteiger partial charge in [0.15, 0.2) is 0 Å². The summed E-state index contributed by atoms with van der Waals surface area (Å²) in [5, 5.41) is 8.15. The van der Waals surface area contributed by atoms with Crippen molar-refractivity contribution in [2.45, 2.75) is 26.4 Å². The summed E-state index contributed by atoms with van der Waals surface area (Å²) in [4.78, 5) is 10.6. The van der Waals surface area contributed by atoms with Crippen LogP contribution in [0.4, 0.5) is 0 Å². The smallest absolute Gasteiger partial charge is 0.334 e. The molecule has 0 aromatic carbocycles. The molecule has 0 aromatic rings. The number of hydrogen-bond acceptors (Lipinski definition) is 3. The molecule has 0 aliphatic rings. The van der Waals surface area contributed by atoms with E-state index in [2.05, 4.69) is 0 Å². The van der Waals surface area contributed by atoms with Gasteiger partial charge in [0.05, 0.1) is 12.3 Å². The summed E-state index contributed by atoms with van der Waals surface area (Å²) in [5.41, 5.74) is -0.489. The van der Waals surface area contributed by atoms with Crippen LogP contribution >= 0.6 is 0 Å². The molecular weight excluding hydrogens is 132 g/mol. The minimum absolute atomic E-state index is 0.489. The predicted molar refractivity (Wildman–Crippen MR) is 37.6 cm³/mol. The van der Waals surface area contributed by atoms with Gasteiger partial charge in [-0.25, -0.2) is 4.79 Å². The second-order valence-corrected chi connectivity index (χ2v) is 2.85. The van der Waals surface area contributed by atoms with Crippen LogP contribution < -0.4 is 0 Å². The van der Waals surface area contributed by atoms with E-state index in [-0.39, 0.29) is 0 Å². The van der Waals surface area contributed by atoms with Gasteiger partial charge in [-0.3, -0.25) is 0 Å². The van der Waals surface area contributed by atoms with Crippen LogP contribution in [-0.4, -0.2) is 16.7 Å². The standard InChI is InChI=1S/C7H12O3/c1-7(2,3)10-6(9)4-5-8/h4-5,8H,1-3H3. The van der Waals surface area contributed by atoms with Crippen molar-refractivity contribution in [3.63, 3.8) is 0 Å². The normalized spacial score (nSPS) is 11.9. The summed E-state index contributed by atoms with van der Waals surface area (Å²) < 4.78 is 4.79. The van der Waals surface area contributed by atoms with Crippen LogP contribution in [0.3, 0.4) is 0 Å². The molecule has 0 spiro atoms. The SMILES string of the molecule is CC(C)(C)OC(=O)C=CO. The molecule has 0 aliphatic heterocycles. The zero-order chi connectivity index (χ0) is 8.20. The molecule has 3 heteroatoms. The van der Waals surface area contributed by atoms with Gasteiger partial charge < -0.3 is 9.84 Å².